The van der Waals surface area contributed by atoms with Crippen molar-refractivity contribution in [3.05, 3.63) is 30.3 Å². The van der Waals surface area contributed by atoms with Crippen molar-refractivity contribution in [3.63, 3.8) is 0 Å². The predicted octanol–water partition coefficient (Wildman–Crippen LogP) is 3.17. The van der Waals surface area contributed by atoms with Gasteiger partial charge in [-0.2, -0.15) is 0 Å². The first-order chi connectivity index (χ1) is 8.25. The summed E-state index contributed by atoms with van der Waals surface area (Å²) >= 11 is 3.75. The Hall–Kier alpha value is -0.540. The van der Waals surface area contributed by atoms with E-state index in [2.05, 4.69) is 27.8 Å². The van der Waals surface area contributed by atoms with Crippen LogP contribution in [-0.4, -0.2) is 36.0 Å². The molecule has 1 heterocycles. The topological polar surface area (TPSA) is 12.5 Å². The van der Waals surface area contributed by atoms with Crippen molar-refractivity contribution >= 4 is 15.9 Å². The van der Waals surface area contributed by atoms with E-state index in [-0.39, 0.29) is 0 Å². The average Bonchev–Trinajstić information content (AvgIpc) is 2.35. The molecule has 94 valence electrons. The SMILES string of the molecule is CC1CCN(CCOc2ccccc2)CC1Br. The van der Waals surface area contributed by atoms with Crippen LogP contribution in [0.15, 0.2) is 30.3 Å². The van der Waals surface area contributed by atoms with Gasteiger partial charge in [-0.3, -0.25) is 4.90 Å². The number of hydrogen-bond donors (Lipinski definition) is 0. The lowest BCUT2D eigenvalue weighted by molar-refractivity contribution is 0.166. The zero-order valence-corrected chi connectivity index (χ0v) is 11.9. The Morgan fingerprint density at radius 3 is 2.82 bits per heavy atom. The van der Waals surface area contributed by atoms with Crippen molar-refractivity contribution in [2.45, 2.75) is 18.2 Å². The van der Waals surface area contributed by atoms with Crippen molar-refractivity contribution in [3.8, 4) is 5.75 Å². The molecule has 1 fully saturated rings. The van der Waals surface area contributed by atoms with E-state index in [0.29, 0.717) is 4.83 Å². The summed E-state index contributed by atoms with van der Waals surface area (Å²) < 4.78 is 5.71. The summed E-state index contributed by atoms with van der Waals surface area (Å²) in [7, 11) is 0. The smallest absolute Gasteiger partial charge is 0.119 e. The largest absolute Gasteiger partial charge is 0.492 e. The summed E-state index contributed by atoms with van der Waals surface area (Å²) in [5.74, 6) is 1.76. The van der Waals surface area contributed by atoms with Crippen LogP contribution in [0.1, 0.15) is 13.3 Å². The van der Waals surface area contributed by atoms with E-state index in [4.69, 9.17) is 4.74 Å². The molecule has 0 spiro atoms. The highest BCUT2D eigenvalue weighted by molar-refractivity contribution is 9.09. The molecule has 1 aromatic rings. The van der Waals surface area contributed by atoms with Crippen LogP contribution in [0.5, 0.6) is 5.75 Å². The maximum absolute atomic E-state index is 5.71. The number of hydrogen-bond acceptors (Lipinski definition) is 2. The third-order valence-electron chi connectivity index (χ3n) is 3.37. The molecule has 0 aromatic heterocycles. The van der Waals surface area contributed by atoms with Gasteiger partial charge in [-0.05, 0) is 31.0 Å². The van der Waals surface area contributed by atoms with E-state index in [1.165, 1.54) is 13.0 Å². The number of ether oxygens (including phenoxy) is 1. The zero-order valence-electron chi connectivity index (χ0n) is 10.3. The maximum atomic E-state index is 5.71. The number of benzene rings is 1. The molecule has 0 radical (unpaired) electrons. The molecule has 0 bridgehead atoms. The first-order valence-electron chi connectivity index (χ1n) is 6.30. The molecule has 3 heteroatoms. The average molecular weight is 298 g/mol. The fourth-order valence-corrected chi connectivity index (χ4v) is 2.77. The first kappa shape index (κ1) is 12.9. The molecule has 0 N–H and O–H groups in total. The molecule has 1 aromatic carbocycles. The Morgan fingerprint density at radius 2 is 2.12 bits per heavy atom. The number of likely N-dealkylation sites (tertiary alicyclic amines) is 1. The van der Waals surface area contributed by atoms with Crippen molar-refractivity contribution in [2.24, 2.45) is 5.92 Å². The number of halogens is 1. The van der Waals surface area contributed by atoms with Crippen LogP contribution >= 0.6 is 15.9 Å². The van der Waals surface area contributed by atoms with Crippen LogP contribution in [0, 0.1) is 5.92 Å². The van der Waals surface area contributed by atoms with Gasteiger partial charge in [0.2, 0.25) is 0 Å². The van der Waals surface area contributed by atoms with Crippen molar-refractivity contribution in [2.75, 3.05) is 26.2 Å². The molecule has 2 nitrogen and oxygen atoms in total. The zero-order chi connectivity index (χ0) is 12.1. The number of para-hydroxylation sites is 1. The lowest BCUT2D eigenvalue weighted by Crippen LogP contribution is -2.41. The van der Waals surface area contributed by atoms with E-state index >= 15 is 0 Å². The van der Waals surface area contributed by atoms with E-state index in [1.54, 1.807) is 0 Å². The van der Waals surface area contributed by atoms with Crippen molar-refractivity contribution in [1.82, 2.24) is 4.90 Å². The number of rotatable bonds is 4. The lowest BCUT2D eigenvalue weighted by atomic mass is 9.99. The number of alkyl halides is 1. The molecule has 2 unspecified atom stereocenters. The minimum Gasteiger partial charge on any atom is -0.492 e. The first-order valence-corrected chi connectivity index (χ1v) is 7.21. The summed E-state index contributed by atoms with van der Waals surface area (Å²) in [4.78, 5) is 3.11. The Balaban J connectivity index is 1.69. The second kappa shape index (κ2) is 6.41. The highest BCUT2D eigenvalue weighted by Crippen LogP contribution is 2.22. The van der Waals surface area contributed by atoms with Crippen LogP contribution in [-0.2, 0) is 0 Å². The van der Waals surface area contributed by atoms with Gasteiger partial charge in [-0.25, -0.2) is 0 Å². The van der Waals surface area contributed by atoms with Crippen LogP contribution in [0.25, 0.3) is 0 Å². The summed E-state index contributed by atoms with van der Waals surface area (Å²) in [6.07, 6.45) is 1.28. The number of piperidine rings is 1. The highest BCUT2D eigenvalue weighted by Gasteiger charge is 2.23. The van der Waals surface area contributed by atoms with Gasteiger partial charge in [0.25, 0.3) is 0 Å². The predicted molar refractivity (Wildman–Crippen MR) is 74.9 cm³/mol. The van der Waals surface area contributed by atoms with E-state index in [1.807, 2.05) is 30.3 Å². The minimum absolute atomic E-state index is 0.632. The molecule has 0 saturated carbocycles. The van der Waals surface area contributed by atoms with E-state index in [0.717, 1.165) is 31.4 Å². The van der Waals surface area contributed by atoms with Crippen molar-refractivity contribution < 1.29 is 4.74 Å². The van der Waals surface area contributed by atoms with Gasteiger partial charge in [0, 0.05) is 17.9 Å². The molecule has 0 amide bonds. The van der Waals surface area contributed by atoms with Crippen LogP contribution in [0.3, 0.4) is 0 Å². The summed E-state index contributed by atoms with van der Waals surface area (Å²) in [5.41, 5.74) is 0. The van der Waals surface area contributed by atoms with Gasteiger partial charge in [0.1, 0.15) is 12.4 Å². The van der Waals surface area contributed by atoms with E-state index in [9.17, 15) is 0 Å². The summed E-state index contributed by atoms with van der Waals surface area (Å²) in [5, 5.41) is 0. The summed E-state index contributed by atoms with van der Waals surface area (Å²) in [6, 6.07) is 10.0. The van der Waals surface area contributed by atoms with Gasteiger partial charge < -0.3 is 4.74 Å². The molecule has 2 atom stereocenters. The molecule has 17 heavy (non-hydrogen) atoms. The molecule has 1 aliphatic heterocycles. The lowest BCUT2D eigenvalue weighted by Gasteiger charge is -2.34. The quantitative estimate of drug-likeness (QED) is 0.792. The van der Waals surface area contributed by atoms with Crippen LogP contribution in [0.4, 0.5) is 0 Å². The normalized spacial score (nSPS) is 25.8. The molecule has 2 rings (SSSR count). The molecule has 1 aliphatic rings. The monoisotopic (exact) mass is 297 g/mol. The third kappa shape index (κ3) is 4.00. The fourth-order valence-electron chi connectivity index (χ4n) is 2.10. The second-order valence-electron chi connectivity index (χ2n) is 4.74. The molecule has 1 saturated heterocycles. The fraction of sp³-hybridized carbons (Fsp3) is 0.571. The van der Waals surface area contributed by atoms with Gasteiger partial charge in [-0.15, -0.1) is 0 Å². The Morgan fingerprint density at radius 1 is 1.35 bits per heavy atom. The Bertz CT molecular complexity index is 330. The van der Waals surface area contributed by atoms with Gasteiger partial charge >= 0.3 is 0 Å². The Kier molecular flexibility index (Phi) is 4.86. The maximum Gasteiger partial charge on any atom is 0.119 e. The third-order valence-corrected chi connectivity index (χ3v) is 4.56. The second-order valence-corrected chi connectivity index (χ2v) is 5.92. The molecular weight excluding hydrogens is 278 g/mol. The van der Waals surface area contributed by atoms with Crippen LogP contribution < -0.4 is 4.74 Å². The standard InChI is InChI=1S/C14H20BrNO/c1-12-7-8-16(11-14(12)15)9-10-17-13-5-3-2-4-6-13/h2-6,12,14H,7-11H2,1H3. The Labute approximate surface area is 112 Å². The number of nitrogens with zero attached hydrogens (tertiary/aromatic N) is 1. The minimum atomic E-state index is 0.632. The van der Waals surface area contributed by atoms with Crippen molar-refractivity contribution in [1.29, 1.82) is 0 Å². The van der Waals surface area contributed by atoms with Gasteiger partial charge in [-0.1, -0.05) is 41.1 Å². The van der Waals surface area contributed by atoms with Gasteiger partial charge in [0.15, 0.2) is 0 Å². The highest BCUT2D eigenvalue weighted by atomic mass is 79.9. The summed E-state index contributed by atoms with van der Waals surface area (Å²) in [6.45, 7) is 6.44. The molecule has 0 aliphatic carbocycles. The van der Waals surface area contributed by atoms with Gasteiger partial charge in [0.05, 0.1) is 0 Å². The molecular formula is C14H20BrNO. The van der Waals surface area contributed by atoms with E-state index < -0.39 is 0 Å². The van der Waals surface area contributed by atoms with Crippen LogP contribution in [0.2, 0.25) is 0 Å².